The molecule has 1 saturated heterocycles. The van der Waals surface area contributed by atoms with Crippen molar-refractivity contribution in [2.75, 3.05) is 11.4 Å². The van der Waals surface area contributed by atoms with E-state index in [9.17, 15) is 9.59 Å². The van der Waals surface area contributed by atoms with Crippen molar-refractivity contribution in [3.63, 3.8) is 0 Å². The van der Waals surface area contributed by atoms with Gasteiger partial charge >= 0.3 is 0 Å². The molecule has 0 bridgehead atoms. The second-order valence-corrected chi connectivity index (χ2v) is 6.01. The quantitative estimate of drug-likeness (QED) is 0.793. The Morgan fingerprint density at radius 1 is 1.25 bits per heavy atom. The predicted octanol–water partition coefficient (Wildman–Crippen LogP) is 3.27. The van der Waals surface area contributed by atoms with Crippen LogP contribution < -0.4 is 4.90 Å². The molecule has 1 fully saturated rings. The highest BCUT2D eigenvalue weighted by molar-refractivity contribution is 6.09. The molecule has 0 aromatic heterocycles. The molecule has 1 heterocycles. The number of benzene rings is 1. The lowest BCUT2D eigenvalue weighted by atomic mass is 9.87. The molecule has 0 aliphatic carbocycles. The fourth-order valence-electron chi connectivity index (χ4n) is 2.69. The average molecular weight is 273 g/mol. The first-order valence-electron chi connectivity index (χ1n) is 7.34. The first kappa shape index (κ1) is 14.8. The van der Waals surface area contributed by atoms with Gasteiger partial charge in [-0.2, -0.15) is 0 Å². The predicted molar refractivity (Wildman–Crippen MR) is 80.8 cm³/mol. The number of carbonyl (C=O) groups is 2. The number of hydrogen-bond acceptors (Lipinski definition) is 2. The molecule has 108 valence electrons. The van der Waals surface area contributed by atoms with Gasteiger partial charge in [0.05, 0.1) is 5.92 Å². The van der Waals surface area contributed by atoms with Gasteiger partial charge in [0.25, 0.3) is 0 Å². The monoisotopic (exact) mass is 273 g/mol. The SMILES string of the molecule is Cc1ccc(N2CCC[C@@H](C(=O)C(C)C)C2=O)cc1C. The average Bonchev–Trinajstić information content (AvgIpc) is 2.41. The number of hydrogen-bond donors (Lipinski definition) is 0. The van der Waals surface area contributed by atoms with Crippen LogP contribution in [0.3, 0.4) is 0 Å². The third kappa shape index (κ3) is 2.77. The molecular formula is C17H23NO2. The third-order valence-corrected chi connectivity index (χ3v) is 4.15. The Kier molecular flexibility index (Phi) is 4.26. The van der Waals surface area contributed by atoms with Crippen LogP contribution in [-0.2, 0) is 9.59 Å². The molecule has 0 radical (unpaired) electrons. The van der Waals surface area contributed by atoms with Gasteiger partial charge in [0.1, 0.15) is 5.78 Å². The van der Waals surface area contributed by atoms with Crippen LogP contribution in [0.15, 0.2) is 18.2 Å². The number of carbonyl (C=O) groups excluding carboxylic acids is 2. The third-order valence-electron chi connectivity index (χ3n) is 4.15. The summed E-state index contributed by atoms with van der Waals surface area (Å²) in [5.74, 6) is -0.490. The summed E-state index contributed by atoms with van der Waals surface area (Å²) in [4.78, 5) is 26.5. The first-order chi connectivity index (χ1) is 9.41. The largest absolute Gasteiger partial charge is 0.312 e. The van der Waals surface area contributed by atoms with Gasteiger partial charge in [0.15, 0.2) is 0 Å². The summed E-state index contributed by atoms with van der Waals surface area (Å²) in [6.45, 7) is 8.55. The maximum absolute atomic E-state index is 12.6. The number of piperidine rings is 1. The Hall–Kier alpha value is -1.64. The highest BCUT2D eigenvalue weighted by atomic mass is 16.2. The summed E-state index contributed by atoms with van der Waals surface area (Å²) in [7, 11) is 0. The lowest BCUT2D eigenvalue weighted by Crippen LogP contribution is -2.45. The van der Waals surface area contributed by atoms with E-state index in [1.54, 1.807) is 4.90 Å². The Morgan fingerprint density at radius 3 is 2.55 bits per heavy atom. The fourth-order valence-corrected chi connectivity index (χ4v) is 2.69. The summed E-state index contributed by atoms with van der Waals surface area (Å²) in [6.07, 6.45) is 1.58. The van der Waals surface area contributed by atoms with Crippen molar-refractivity contribution in [1.82, 2.24) is 0 Å². The Morgan fingerprint density at radius 2 is 1.95 bits per heavy atom. The standard InChI is InChI=1S/C17H23NO2/c1-11(2)16(19)15-6-5-9-18(17(15)20)14-8-7-12(3)13(4)10-14/h7-8,10-11,15H,5-6,9H2,1-4H3/t15-/m0/s1. The Labute approximate surface area is 121 Å². The highest BCUT2D eigenvalue weighted by Gasteiger charge is 2.35. The fraction of sp³-hybridized carbons (Fsp3) is 0.529. The van der Waals surface area contributed by atoms with Gasteiger partial charge in [-0.15, -0.1) is 0 Å². The molecule has 1 aliphatic heterocycles. The van der Waals surface area contributed by atoms with Crippen LogP contribution in [0.2, 0.25) is 0 Å². The van der Waals surface area contributed by atoms with Gasteiger partial charge in [-0.05, 0) is 49.9 Å². The molecule has 3 nitrogen and oxygen atoms in total. The Balaban J connectivity index is 2.26. The molecule has 1 aliphatic rings. The number of ketones is 1. The molecule has 3 heteroatoms. The molecule has 1 aromatic carbocycles. The minimum atomic E-state index is -0.453. The summed E-state index contributed by atoms with van der Waals surface area (Å²) < 4.78 is 0. The zero-order chi connectivity index (χ0) is 14.9. The zero-order valence-electron chi connectivity index (χ0n) is 12.8. The Bertz CT molecular complexity index is 534. The van der Waals surface area contributed by atoms with E-state index in [-0.39, 0.29) is 17.6 Å². The molecule has 0 N–H and O–H groups in total. The number of anilines is 1. The van der Waals surface area contributed by atoms with E-state index < -0.39 is 5.92 Å². The molecular weight excluding hydrogens is 250 g/mol. The molecule has 2 rings (SSSR count). The van der Waals surface area contributed by atoms with Gasteiger partial charge in [0.2, 0.25) is 5.91 Å². The normalized spacial score (nSPS) is 19.6. The van der Waals surface area contributed by atoms with Crippen LogP contribution in [0.4, 0.5) is 5.69 Å². The second-order valence-electron chi connectivity index (χ2n) is 6.01. The van der Waals surface area contributed by atoms with Crippen LogP contribution in [0.25, 0.3) is 0 Å². The number of aryl methyl sites for hydroxylation is 2. The van der Waals surface area contributed by atoms with E-state index in [4.69, 9.17) is 0 Å². The van der Waals surface area contributed by atoms with Crippen LogP contribution >= 0.6 is 0 Å². The van der Waals surface area contributed by atoms with Crippen molar-refractivity contribution < 1.29 is 9.59 Å². The minimum absolute atomic E-state index is 0.0294. The topological polar surface area (TPSA) is 37.4 Å². The van der Waals surface area contributed by atoms with E-state index >= 15 is 0 Å². The molecule has 1 aromatic rings. The van der Waals surface area contributed by atoms with Crippen molar-refractivity contribution in [1.29, 1.82) is 0 Å². The van der Waals surface area contributed by atoms with Crippen LogP contribution in [0.5, 0.6) is 0 Å². The molecule has 0 spiro atoms. The zero-order valence-corrected chi connectivity index (χ0v) is 12.8. The van der Waals surface area contributed by atoms with Gasteiger partial charge in [-0.25, -0.2) is 0 Å². The van der Waals surface area contributed by atoms with Crippen molar-refractivity contribution in [2.45, 2.75) is 40.5 Å². The lowest BCUT2D eigenvalue weighted by Gasteiger charge is -2.32. The molecule has 0 unspecified atom stereocenters. The van der Waals surface area contributed by atoms with E-state index in [0.29, 0.717) is 13.0 Å². The van der Waals surface area contributed by atoms with E-state index in [1.807, 2.05) is 39.0 Å². The molecule has 20 heavy (non-hydrogen) atoms. The number of rotatable bonds is 3. The smallest absolute Gasteiger partial charge is 0.237 e. The summed E-state index contributed by atoms with van der Waals surface area (Å²) in [5, 5.41) is 0. The number of Topliss-reactive ketones (excluding diaryl/α,β-unsaturated/α-hetero) is 1. The van der Waals surface area contributed by atoms with Crippen molar-refractivity contribution in [2.24, 2.45) is 11.8 Å². The molecule has 1 atom stereocenters. The maximum Gasteiger partial charge on any atom is 0.237 e. The molecule has 0 saturated carbocycles. The van der Waals surface area contributed by atoms with Crippen molar-refractivity contribution in [3.05, 3.63) is 29.3 Å². The van der Waals surface area contributed by atoms with E-state index in [1.165, 1.54) is 11.1 Å². The summed E-state index contributed by atoms with van der Waals surface area (Å²) in [5.41, 5.74) is 3.31. The maximum atomic E-state index is 12.6. The van der Waals surface area contributed by atoms with Crippen LogP contribution in [0, 0.1) is 25.7 Å². The number of nitrogens with zero attached hydrogens (tertiary/aromatic N) is 1. The van der Waals surface area contributed by atoms with Crippen molar-refractivity contribution in [3.8, 4) is 0 Å². The minimum Gasteiger partial charge on any atom is -0.312 e. The number of amides is 1. The van der Waals surface area contributed by atoms with E-state index in [2.05, 4.69) is 6.92 Å². The summed E-state index contributed by atoms with van der Waals surface area (Å²) >= 11 is 0. The van der Waals surface area contributed by atoms with E-state index in [0.717, 1.165) is 12.1 Å². The summed E-state index contributed by atoms with van der Waals surface area (Å²) in [6, 6.07) is 6.05. The first-order valence-corrected chi connectivity index (χ1v) is 7.34. The van der Waals surface area contributed by atoms with Gasteiger partial charge in [-0.1, -0.05) is 19.9 Å². The second kappa shape index (κ2) is 5.78. The van der Waals surface area contributed by atoms with Gasteiger partial charge in [0, 0.05) is 18.2 Å². The van der Waals surface area contributed by atoms with Gasteiger partial charge < -0.3 is 4.90 Å². The highest BCUT2D eigenvalue weighted by Crippen LogP contribution is 2.27. The van der Waals surface area contributed by atoms with Gasteiger partial charge in [-0.3, -0.25) is 9.59 Å². The van der Waals surface area contributed by atoms with Crippen LogP contribution in [0.1, 0.15) is 37.8 Å². The van der Waals surface area contributed by atoms with Crippen molar-refractivity contribution >= 4 is 17.4 Å². The lowest BCUT2D eigenvalue weighted by molar-refractivity contribution is -0.135. The van der Waals surface area contributed by atoms with Crippen LogP contribution in [-0.4, -0.2) is 18.2 Å². The molecule has 1 amide bonds.